The van der Waals surface area contributed by atoms with Gasteiger partial charge in [-0.1, -0.05) is 35.9 Å². The lowest BCUT2D eigenvalue weighted by Crippen LogP contribution is -2.09. The number of rotatable bonds is 3. The van der Waals surface area contributed by atoms with E-state index in [1.807, 2.05) is 49.3 Å². The molecule has 0 aromatic heterocycles. The van der Waals surface area contributed by atoms with Gasteiger partial charge in [-0.05, 0) is 18.2 Å². The van der Waals surface area contributed by atoms with Crippen LogP contribution < -0.4 is 4.90 Å². The molecule has 0 saturated carbocycles. The number of aldehydes is 1. The van der Waals surface area contributed by atoms with Crippen LogP contribution in [-0.2, 0) is 0 Å². The average Bonchev–Trinajstić information content (AvgIpc) is 2.39. The molecule has 0 fully saturated rings. The van der Waals surface area contributed by atoms with Gasteiger partial charge in [-0.15, -0.1) is 0 Å². The summed E-state index contributed by atoms with van der Waals surface area (Å²) in [5.74, 6) is 0. The first kappa shape index (κ1) is 12.7. The predicted molar refractivity (Wildman–Crippen MR) is 76.6 cm³/mol. The van der Waals surface area contributed by atoms with Gasteiger partial charge in [0.2, 0.25) is 0 Å². The fourth-order valence-electron chi connectivity index (χ4n) is 1.91. The van der Waals surface area contributed by atoms with E-state index in [-0.39, 0.29) is 0 Å². The summed E-state index contributed by atoms with van der Waals surface area (Å²) in [5.41, 5.74) is 3.60. The van der Waals surface area contributed by atoms with E-state index in [0.29, 0.717) is 10.6 Å². The molecule has 0 aliphatic rings. The molecule has 0 unspecified atom stereocenters. The molecule has 0 amide bonds. The Morgan fingerprint density at radius 2 is 1.78 bits per heavy atom. The second-order valence-electron chi connectivity index (χ2n) is 4.27. The maximum Gasteiger partial charge on any atom is 0.150 e. The monoisotopic (exact) mass is 259 g/mol. The van der Waals surface area contributed by atoms with Gasteiger partial charge < -0.3 is 4.90 Å². The molecule has 0 aliphatic heterocycles. The average molecular weight is 260 g/mol. The van der Waals surface area contributed by atoms with Crippen molar-refractivity contribution in [1.29, 1.82) is 0 Å². The maximum absolute atomic E-state index is 10.9. The van der Waals surface area contributed by atoms with Gasteiger partial charge >= 0.3 is 0 Å². The molecule has 0 bridgehead atoms. The van der Waals surface area contributed by atoms with Crippen LogP contribution in [0.2, 0.25) is 5.02 Å². The second-order valence-corrected chi connectivity index (χ2v) is 4.68. The Morgan fingerprint density at radius 3 is 2.44 bits per heavy atom. The fraction of sp³-hybridized carbons (Fsp3) is 0.133. The van der Waals surface area contributed by atoms with Crippen LogP contribution in [0, 0.1) is 0 Å². The third-order valence-corrected chi connectivity index (χ3v) is 3.13. The summed E-state index contributed by atoms with van der Waals surface area (Å²) in [7, 11) is 3.96. The Hall–Kier alpha value is -1.80. The van der Waals surface area contributed by atoms with E-state index in [1.54, 1.807) is 12.1 Å². The van der Waals surface area contributed by atoms with Gasteiger partial charge in [0.25, 0.3) is 0 Å². The lowest BCUT2D eigenvalue weighted by molar-refractivity contribution is 0.112. The van der Waals surface area contributed by atoms with Crippen molar-refractivity contribution in [3.05, 3.63) is 53.1 Å². The largest absolute Gasteiger partial charge is 0.377 e. The summed E-state index contributed by atoms with van der Waals surface area (Å²) in [5, 5.41) is 0.648. The van der Waals surface area contributed by atoms with Crippen molar-refractivity contribution in [2.75, 3.05) is 19.0 Å². The minimum Gasteiger partial charge on any atom is -0.377 e. The lowest BCUT2D eigenvalue weighted by atomic mass is 10.0. The molecule has 18 heavy (non-hydrogen) atoms. The zero-order valence-corrected chi connectivity index (χ0v) is 11.1. The highest BCUT2D eigenvalue weighted by Crippen LogP contribution is 2.34. The smallest absolute Gasteiger partial charge is 0.150 e. The number of hydrogen-bond acceptors (Lipinski definition) is 2. The summed E-state index contributed by atoms with van der Waals surface area (Å²) in [6.45, 7) is 0. The van der Waals surface area contributed by atoms with Crippen molar-refractivity contribution in [2.24, 2.45) is 0 Å². The minimum atomic E-state index is 0.628. The number of para-hydroxylation sites is 1. The maximum atomic E-state index is 10.9. The van der Waals surface area contributed by atoms with Crippen LogP contribution in [0.5, 0.6) is 0 Å². The summed E-state index contributed by atoms with van der Waals surface area (Å²) in [6.07, 6.45) is 0.831. The number of halogens is 1. The second kappa shape index (κ2) is 5.23. The molecular weight excluding hydrogens is 246 g/mol. The van der Waals surface area contributed by atoms with Crippen LogP contribution in [0.15, 0.2) is 42.5 Å². The standard InChI is InChI=1S/C15H14ClNO/c1-17(2)15-6-4-3-5-12(15)13-9-11(10-18)7-8-14(13)16/h3-10H,1-2H3. The van der Waals surface area contributed by atoms with E-state index in [1.165, 1.54) is 0 Å². The Bertz CT molecular complexity index is 578. The number of anilines is 1. The molecule has 2 aromatic carbocycles. The summed E-state index contributed by atoms with van der Waals surface area (Å²) in [4.78, 5) is 12.9. The Balaban J connectivity index is 2.64. The topological polar surface area (TPSA) is 20.3 Å². The number of hydrogen-bond donors (Lipinski definition) is 0. The van der Waals surface area contributed by atoms with Gasteiger partial charge in [-0.25, -0.2) is 0 Å². The molecule has 0 aliphatic carbocycles. The predicted octanol–water partition coefficient (Wildman–Crippen LogP) is 3.89. The normalized spacial score (nSPS) is 10.2. The first-order valence-corrected chi connectivity index (χ1v) is 6.02. The molecule has 0 atom stereocenters. The molecule has 0 saturated heterocycles. The van der Waals surface area contributed by atoms with E-state index in [0.717, 1.165) is 23.1 Å². The molecule has 2 rings (SSSR count). The zero-order chi connectivity index (χ0) is 13.1. The van der Waals surface area contributed by atoms with Gasteiger partial charge in [0.05, 0.1) is 0 Å². The van der Waals surface area contributed by atoms with E-state index in [9.17, 15) is 4.79 Å². The highest BCUT2D eigenvalue weighted by molar-refractivity contribution is 6.33. The highest BCUT2D eigenvalue weighted by atomic mass is 35.5. The zero-order valence-electron chi connectivity index (χ0n) is 10.4. The van der Waals surface area contributed by atoms with Gasteiger partial charge in [-0.2, -0.15) is 0 Å². The summed E-state index contributed by atoms with van der Waals surface area (Å²) >= 11 is 6.23. The highest BCUT2D eigenvalue weighted by Gasteiger charge is 2.10. The van der Waals surface area contributed by atoms with E-state index in [2.05, 4.69) is 0 Å². The van der Waals surface area contributed by atoms with E-state index < -0.39 is 0 Å². The summed E-state index contributed by atoms with van der Waals surface area (Å²) < 4.78 is 0. The SMILES string of the molecule is CN(C)c1ccccc1-c1cc(C=O)ccc1Cl. The van der Waals surface area contributed by atoms with E-state index in [4.69, 9.17) is 11.6 Å². The van der Waals surface area contributed by atoms with Crippen molar-refractivity contribution in [1.82, 2.24) is 0 Å². The molecule has 3 heteroatoms. The van der Waals surface area contributed by atoms with Gasteiger partial charge in [-0.3, -0.25) is 4.79 Å². The quantitative estimate of drug-likeness (QED) is 0.780. The number of carbonyl (C=O) groups excluding carboxylic acids is 1. The first-order valence-electron chi connectivity index (χ1n) is 5.65. The van der Waals surface area contributed by atoms with Crippen molar-refractivity contribution in [3.8, 4) is 11.1 Å². The van der Waals surface area contributed by atoms with Crippen molar-refractivity contribution >= 4 is 23.6 Å². The van der Waals surface area contributed by atoms with Crippen molar-refractivity contribution in [2.45, 2.75) is 0 Å². The van der Waals surface area contributed by atoms with Crippen molar-refractivity contribution < 1.29 is 4.79 Å². The molecule has 2 nitrogen and oxygen atoms in total. The van der Waals surface area contributed by atoms with Gasteiger partial charge in [0, 0.05) is 41.5 Å². The molecule has 0 heterocycles. The molecule has 0 N–H and O–H groups in total. The van der Waals surface area contributed by atoms with E-state index >= 15 is 0 Å². The number of nitrogens with zero attached hydrogens (tertiary/aromatic N) is 1. The molecule has 2 aromatic rings. The fourth-order valence-corrected chi connectivity index (χ4v) is 2.13. The Labute approximate surface area is 112 Å². The lowest BCUT2D eigenvalue weighted by Gasteiger charge is -2.18. The molecule has 0 radical (unpaired) electrons. The molecule has 0 spiro atoms. The van der Waals surface area contributed by atoms with Gasteiger partial charge in [0.15, 0.2) is 0 Å². The Morgan fingerprint density at radius 1 is 1.06 bits per heavy atom. The first-order chi connectivity index (χ1) is 8.63. The van der Waals surface area contributed by atoms with Gasteiger partial charge in [0.1, 0.15) is 6.29 Å². The number of benzene rings is 2. The van der Waals surface area contributed by atoms with Crippen LogP contribution in [0.25, 0.3) is 11.1 Å². The third-order valence-electron chi connectivity index (χ3n) is 2.80. The van der Waals surface area contributed by atoms with Crippen molar-refractivity contribution in [3.63, 3.8) is 0 Å². The van der Waals surface area contributed by atoms with Crippen LogP contribution >= 0.6 is 11.6 Å². The minimum absolute atomic E-state index is 0.628. The van der Waals surface area contributed by atoms with Crippen LogP contribution in [-0.4, -0.2) is 20.4 Å². The molecular formula is C15H14ClNO. The summed E-state index contributed by atoms with van der Waals surface area (Å²) in [6, 6.07) is 13.3. The van der Waals surface area contributed by atoms with Crippen LogP contribution in [0.1, 0.15) is 10.4 Å². The Kier molecular flexibility index (Phi) is 3.68. The van der Waals surface area contributed by atoms with Crippen LogP contribution in [0.3, 0.4) is 0 Å². The number of carbonyl (C=O) groups is 1. The van der Waals surface area contributed by atoms with Crippen LogP contribution in [0.4, 0.5) is 5.69 Å². The third kappa shape index (κ3) is 2.39. The molecule has 92 valence electrons.